The highest BCUT2D eigenvalue weighted by Crippen LogP contribution is 2.32. The van der Waals surface area contributed by atoms with Gasteiger partial charge in [-0.05, 0) is 48.4 Å². The number of rotatable bonds is 4. The molecule has 5 heteroatoms. The van der Waals surface area contributed by atoms with Crippen LogP contribution in [0.3, 0.4) is 0 Å². The van der Waals surface area contributed by atoms with E-state index in [0.29, 0.717) is 17.2 Å². The Morgan fingerprint density at radius 1 is 1.17 bits per heavy atom. The first kappa shape index (κ1) is 15.0. The number of carbonyl (C=O) groups excluding carboxylic acids is 1. The van der Waals surface area contributed by atoms with Crippen molar-refractivity contribution in [1.82, 2.24) is 0 Å². The molecule has 23 heavy (non-hydrogen) atoms. The second-order valence-electron chi connectivity index (χ2n) is 5.14. The summed E-state index contributed by atoms with van der Waals surface area (Å²) in [6, 6.07) is 11.1. The fraction of sp³-hybridized carbons (Fsp3) is 0.167. The molecule has 5 nitrogen and oxygen atoms in total. The predicted molar refractivity (Wildman–Crippen MR) is 88.0 cm³/mol. The summed E-state index contributed by atoms with van der Waals surface area (Å²) in [6.45, 7) is 2.20. The summed E-state index contributed by atoms with van der Waals surface area (Å²) in [5.74, 6) is 1.81. The Balaban J connectivity index is 1.70. The van der Waals surface area contributed by atoms with Gasteiger partial charge >= 0.3 is 0 Å². The Kier molecular flexibility index (Phi) is 4.19. The Morgan fingerprint density at radius 2 is 2.00 bits per heavy atom. The summed E-state index contributed by atoms with van der Waals surface area (Å²) in [5, 5.41) is 2.80. The van der Waals surface area contributed by atoms with E-state index in [0.717, 1.165) is 16.9 Å². The van der Waals surface area contributed by atoms with Gasteiger partial charge in [-0.15, -0.1) is 0 Å². The topological polar surface area (TPSA) is 56.8 Å². The summed E-state index contributed by atoms with van der Waals surface area (Å²) in [7, 11) is 1.58. The molecule has 0 bridgehead atoms. The van der Waals surface area contributed by atoms with E-state index < -0.39 is 0 Å². The van der Waals surface area contributed by atoms with Gasteiger partial charge in [-0.2, -0.15) is 0 Å². The van der Waals surface area contributed by atoms with Gasteiger partial charge in [0.25, 0.3) is 0 Å². The lowest BCUT2D eigenvalue weighted by Crippen LogP contribution is -2.08. The molecule has 0 aromatic heterocycles. The van der Waals surface area contributed by atoms with E-state index in [1.807, 2.05) is 43.3 Å². The summed E-state index contributed by atoms with van der Waals surface area (Å²) in [5.41, 5.74) is 2.56. The molecule has 0 atom stereocenters. The van der Waals surface area contributed by atoms with Crippen LogP contribution in [0.1, 0.15) is 11.1 Å². The van der Waals surface area contributed by atoms with E-state index in [9.17, 15) is 4.79 Å². The van der Waals surface area contributed by atoms with Crippen molar-refractivity contribution in [3.05, 3.63) is 53.6 Å². The first-order valence-electron chi connectivity index (χ1n) is 7.19. The first-order valence-corrected chi connectivity index (χ1v) is 7.19. The van der Waals surface area contributed by atoms with E-state index in [1.54, 1.807) is 13.2 Å². The molecule has 1 amide bonds. The number of benzene rings is 2. The third-order valence-electron chi connectivity index (χ3n) is 3.44. The molecule has 0 fully saturated rings. The van der Waals surface area contributed by atoms with Gasteiger partial charge < -0.3 is 19.5 Å². The van der Waals surface area contributed by atoms with E-state index in [1.165, 1.54) is 6.08 Å². The quantitative estimate of drug-likeness (QED) is 0.879. The summed E-state index contributed by atoms with van der Waals surface area (Å²) >= 11 is 0. The molecule has 0 spiro atoms. The van der Waals surface area contributed by atoms with Crippen molar-refractivity contribution in [3.8, 4) is 17.2 Å². The molecule has 1 aliphatic rings. The van der Waals surface area contributed by atoms with Crippen LogP contribution in [0.4, 0.5) is 5.69 Å². The number of amides is 1. The van der Waals surface area contributed by atoms with Gasteiger partial charge in [0.2, 0.25) is 12.7 Å². The Hall–Kier alpha value is -2.95. The number of ether oxygens (including phenoxy) is 3. The average molecular weight is 311 g/mol. The van der Waals surface area contributed by atoms with E-state index >= 15 is 0 Å². The van der Waals surface area contributed by atoms with E-state index in [-0.39, 0.29) is 12.7 Å². The molecule has 118 valence electrons. The largest absolute Gasteiger partial charge is 0.495 e. The second kappa shape index (κ2) is 6.44. The molecule has 1 heterocycles. The van der Waals surface area contributed by atoms with Crippen molar-refractivity contribution < 1.29 is 19.0 Å². The number of methoxy groups -OCH3 is 1. The minimum atomic E-state index is -0.232. The molecule has 3 rings (SSSR count). The molecule has 1 N–H and O–H groups in total. The van der Waals surface area contributed by atoms with Crippen molar-refractivity contribution in [2.75, 3.05) is 19.2 Å². The van der Waals surface area contributed by atoms with Gasteiger partial charge in [0.15, 0.2) is 11.5 Å². The third-order valence-corrected chi connectivity index (χ3v) is 3.44. The van der Waals surface area contributed by atoms with Gasteiger partial charge in [-0.3, -0.25) is 4.79 Å². The van der Waals surface area contributed by atoms with E-state index in [2.05, 4.69) is 5.32 Å². The summed E-state index contributed by atoms with van der Waals surface area (Å²) in [6.07, 6.45) is 3.19. The average Bonchev–Trinajstić information content (AvgIpc) is 3.02. The standard InChI is InChI=1S/C18H17NO4/c1-12-3-6-14(16(9-12)21-2)19-18(20)8-5-13-4-7-15-17(10-13)23-11-22-15/h3-10H,11H2,1-2H3,(H,19,20). The number of nitrogens with one attached hydrogen (secondary N) is 1. The van der Waals surface area contributed by atoms with Crippen molar-refractivity contribution in [1.29, 1.82) is 0 Å². The molecule has 2 aromatic rings. The summed E-state index contributed by atoms with van der Waals surface area (Å²) in [4.78, 5) is 12.1. The molecule has 2 aromatic carbocycles. The van der Waals surface area contributed by atoms with Crippen molar-refractivity contribution in [2.24, 2.45) is 0 Å². The van der Waals surface area contributed by atoms with Crippen LogP contribution in [0.5, 0.6) is 17.2 Å². The minimum Gasteiger partial charge on any atom is -0.495 e. The second-order valence-corrected chi connectivity index (χ2v) is 5.14. The highest BCUT2D eigenvalue weighted by atomic mass is 16.7. The maximum atomic E-state index is 12.1. The van der Waals surface area contributed by atoms with Gasteiger partial charge in [0.05, 0.1) is 12.8 Å². The molecule has 0 radical (unpaired) electrons. The lowest BCUT2D eigenvalue weighted by atomic mass is 10.2. The van der Waals surface area contributed by atoms with Gasteiger partial charge in [0, 0.05) is 6.08 Å². The maximum Gasteiger partial charge on any atom is 0.248 e. The zero-order chi connectivity index (χ0) is 16.2. The SMILES string of the molecule is COc1cc(C)ccc1NC(=O)C=Cc1ccc2c(c1)OCO2. The lowest BCUT2D eigenvalue weighted by Gasteiger charge is -2.09. The van der Waals surface area contributed by atoms with Crippen molar-refractivity contribution in [2.45, 2.75) is 6.92 Å². The lowest BCUT2D eigenvalue weighted by molar-refractivity contribution is -0.111. The molecule has 0 saturated carbocycles. The summed E-state index contributed by atoms with van der Waals surface area (Å²) < 4.78 is 15.8. The Morgan fingerprint density at radius 3 is 2.83 bits per heavy atom. The Bertz CT molecular complexity index is 768. The maximum absolute atomic E-state index is 12.1. The monoisotopic (exact) mass is 311 g/mol. The van der Waals surface area contributed by atoms with Crippen LogP contribution in [0.2, 0.25) is 0 Å². The van der Waals surface area contributed by atoms with Crippen LogP contribution in [0.15, 0.2) is 42.5 Å². The number of hydrogen-bond acceptors (Lipinski definition) is 4. The fourth-order valence-electron chi connectivity index (χ4n) is 2.26. The molecule has 1 aliphatic heterocycles. The van der Waals surface area contributed by atoms with Crippen LogP contribution < -0.4 is 19.5 Å². The van der Waals surface area contributed by atoms with Crippen LogP contribution in [0, 0.1) is 6.92 Å². The fourth-order valence-corrected chi connectivity index (χ4v) is 2.26. The first-order chi connectivity index (χ1) is 11.2. The normalized spacial score (nSPS) is 12.4. The van der Waals surface area contributed by atoms with Crippen molar-refractivity contribution >= 4 is 17.7 Å². The van der Waals surface area contributed by atoms with Crippen LogP contribution in [0.25, 0.3) is 6.08 Å². The number of carbonyl (C=O) groups is 1. The zero-order valence-corrected chi connectivity index (χ0v) is 13.0. The van der Waals surface area contributed by atoms with Gasteiger partial charge in [0.1, 0.15) is 5.75 Å². The van der Waals surface area contributed by atoms with Crippen LogP contribution in [-0.4, -0.2) is 19.8 Å². The highest BCUT2D eigenvalue weighted by Gasteiger charge is 2.12. The molecular weight excluding hydrogens is 294 g/mol. The number of hydrogen-bond donors (Lipinski definition) is 1. The number of fused-ring (bicyclic) bond motifs is 1. The van der Waals surface area contributed by atoms with Gasteiger partial charge in [-0.1, -0.05) is 12.1 Å². The van der Waals surface area contributed by atoms with Crippen LogP contribution in [-0.2, 0) is 4.79 Å². The van der Waals surface area contributed by atoms with E-state index in [4.69, 9.17) is 14.2 Å². The number of anilines is 1. The highest BCUT2D eigenvalue weighted by molar-refractivity contribution is 6.02. The van der Waals surface area contributed by atoms with Gasteiger partial charge in [-0.25, -0.2) is 0 Å². The molecule has 0 aliphatic carbocycles. The predicted octanol–water partition coefficient (Wildman–Crippen LogP) is 3.38. The number of aryl methyl sites for hydroxylation is 1. The molecule has 0 unspecified atom stereocenters. The minimum absolute atomic E-state index is 0.232. The Labute approximate surface area is 134 Å². The zero-order valence-electron chi connectivity index (χ0n) is 13.0. The van der Waals surface area contributed by atoms with Crippen LogP contribution >= 0.6 is 0 Å². The smallest absolute Gasteiger partial charge is 0.248 e. The van der Waals surface area contributed by atoms with Crippen molar-refractivity contribution in [3.63, 3.8) is 0 Å². The molecular formula is C18H17NO4. The molecule has 0 saturated heterocycles. The third kappa shape index (κ3) is 3.45.